The summed E-state index contributed by atoms with van der Waals surface area (Å²) in [5, 5.41) is 2.56. The number of halogens is 5. The molecular weight excluding hydrogens is 509 g/mol. The summed E-state index contributed by atoms with van der Waals surface area (Å²) in [6, 6.07) is 4.16. The minimum atomic E-state index is -4.73. The van der Waals surface area contributed by atoms with Gasteiger partial charge >= 0.3 is 6.36 Å². The van der Waals surface area contributed by atoms with Crippen LogP contribution < -0.4 is 5.32 Å². The molecule has 1 N–H and O–H groups in total. The van der Waals surface area contributed by atoms with E-state index in [9.17, 15) is 35.2 Å². The van der Waals surface area contributed by atoms with Crippen LogP contribution >= 0.6 is 0 Å². The van der Waals surface area contributed by atoms with Crippen molar-refractivity contribution in [2.45, 2.75) is 74.5 Å². The Morgan fingerprint density at radius 2 is 1.83 bits per heavy atom. The largest absolute Gasteiger partial charge is 0.522 e. The number of alkyl halides is 3. The standard InChI is InChI=1S/C23H24F5N3O4S/c1-13-2-7-21(31(13)36(33,34)18-5-3-16(24)4-6-18)22(32)30-11-15-10-20(29-12-19(15)25)14-8-17(9-14)35-23(26,27)28/h3-6,10,12-14,17,21H,2,7-9,11H2,1H3,(H,30,32)/t13-,14?,17?,21-/m0/s1. The first-order valence-corrected chi connectivity index (χ1v) is 12.7. The average molecular weight is 534 g/mol. The Kier molecular flexibility index (Phi) is 7.35. The van der Waals surface area contributed by atoms with Gasteiger partial charge in [0, 0.05) is 29.8 Å². The van der Waals surface area contributed by atoms with Gasteiger partial charge in [0.25, 0.3) is 0 Å². The van der Waals surface area contributed by atoms with Crippen LogP contribution in [0.25, 0.3) is 0 Å². The second-order valence-electron chi connectivity index (χ2n) is 9.00. The molecule has 7 nitrogen and oxygen atoms in total. The molecule has 0 radical (unpaired) electrons. The zero-order valence-electron chi connectivity index (χ0n) is 19.1. The molecule has 2 aromatic rings. The van der Waals surface area contributed by atoms with Crippen molar-refractivity contribution in [3.8, 4) is 0 Å². The van der Waals surface area contributed by atoms with Crippen LogP contribution in [0.15, 0.2) is 41.4 Å². The molecule has 2 atom stereocenters. The highest BCUT2D eigenvalue weighted by atomic mass is 32.2. The predicted octanol–water partition coefficient (Wildman–Crippen LogP) is 4.00. The minimum Gasteiger partial charge on any atom is -0.351 e. The van der Waals surface area contributed by atoms with Gasteiger partial charge in [0.1, 0.15) is 17.7 Å². The zero-order chi connectivity index (χ0) is 26.3. The van der Waals surface area contributed by atoms with Crippen LogP contribution in [0.1, 0.15) is 49.8 Å². The van der Waals surface area contributed by atoms with Gasteiger partial charge in [0.15, 0.2) is 0 Å². The highest BCUT2D eigenvalue weighted by molar-refractivity contribution is 7.89. The van der Waals surface area contributed by atoms with Crippen molar-refractivity contribution in [3.05, 3.63) is 59.4 Å². The number of hydrogen-bond acceptors (Lipinski definition) is 5. The van der Waals surface area contributed by atoms with Gasteiger partial charge in [-0.15, -0.1) is 13.2 Å². The van der Waals surface area contributed by atoms with Crippen molar-refractivity contribution in [1.29, 1.82) is 0 Å². The first kappa shape index (κ1) is 26.4. The van der Waals surface area contributed by atoms with E-state index in [2.05, 4.69) is 15.0 Å². The lowest BCUT2D eigenvalue weighted by Crippen LogP contribution is -2.48. The van der Waals surface area contributed by atoms with Crippen molar-refractivity contribution < 1.29 is 39.9 Å². The summed E-state index contributed by atoms with van der Waals surface area (Å²) in [6.07, 6.45) is -3.92. The molecule has 1 saturated heterocycles. The molecule has 2 heterocycles. The van der Waals surface area contributed by atoms with Crippen LogP contribution in [0.3, 0.4) is 0 Å². The molecule has 196 valence electrons. The summed E-state index contributed by atoms with van der Waals surface area (Å²) in [6.45, 7) is 1.41. The Morgan fingerprint density at radius 3 is 2.47 bits per heavy atom. The molecule has 0 bridgehead atoms. The van der Waals surface area contributed by atoms with E-state index < -0.39 is 52.1 Å². The lowest BCUT2D eigenvalue weighted by atomic mass is 9.79. The van der Waals surface area contributed by atoms with Crippen LogP contribution in [0.2, 0.25) is 0 Å². The summed E-state index contributed by atoms with van der Waals surface area (Å²) in [5.74, 6) is -2.26. The summed E-state index contributed by atoms with van der Waals surface area (Å²) < 4.78 is 95.9. The van der Waals surface area contributed by atoms with E-state index in [-0.39, 0.29) is 42.2 Å². The molecular formula is C23H24F5N3O4S. The lowest BCUT2D eigenvalue weighted by Gasteiger charge is -2.35. The molecule has 0 spiro atoms. The monoisotopic (exact) mass is 533 g/mol. The van der Waals surface area contributed by atoms with Crippen molar-refractivity contribution >= 4 is 15.9 Å². The van der Waals surface area contributed by atoms with Gasteiger partial charge in [-0.25, -0.2) is 17.2 Å². The quantitative estimate of drug-likeness (QED) is 0.544. The third kappa shape index (κ3) is 5.68. The number of hydrogen-bond donors (Lipinski definition) is 1. The van der Waals surface area contributed by atoms with E-state index in [4.69, 9.17) is 0 Å². The molecule has 4 rings (SSSR count). The summed E-state index contributed by atoms with van der Waals surface area (Å²) in [4.78, 5) is 16.7. The smallest absolute Gasteiger partial charge is 0.351 e. The maximum Gasteiger partial charge on any atom is 0.522 e. The predicted molar refractivity (Wildman–Crippen MR) is 117 cm³/mol. The van der Waals surface area contributed by atoms with Crippen molar-refractivity contribution in [1.82, 2.24) is 14.6 Å². The SMILES string of the molecule is C[C@H]1CC[C@@H](C(=O)NCc2cc(C3CC(OC(F)(F)F)C3)ncc2F)N1S(=O)(=O)c1ccc(F)cc1. The number of carbonyl (C=O) groups is 1. The molecule has 0 unspecified atom stereocenters. The first-order valence-electron chi connectivity index (χ1n) is 11.3. The van der Waals surface area contributed by atoms with E-state index in [1.807, 2.05) is 0 Å². The van der Waals surface area contributed by atoms with Gasteiger partial charge in [0.05, 0.1) is 17.2 Å². The number of pyridine rings is 1. The van der Waals surface area contributed by atoms with Crippen molar-refractivity contribution in [2.24, 2.45) is 0 Å². The molecule has 2 aliphatic rings. The molecule has 1 aliphatic heterocycles. The van der Waals surface area contributed by atoms with Crippen LogP contribution in [0.5, 0.6) is 0 Å². The molecule has 36 heavy (non-hydrogen) atoms. The van der Waals surface area contributed by atoms with Crippen molar-refractivity contribution in [2.75, 3.05) is 0 Å². The van der Waals surface area contributed by atoms with Crippen LogP contribution in [-0.2, 0) is 26.1 Å². The number of nitrogens with one attached hydrogen (secondary N) is 1. The number of ether oxygens (including phenoxy) is 1. The normalized spacial score (nSPS) is 24.9. The van der Waals surface area contributed by atoms with E-state index in [0.29, 0.717) is 12.1 Å². The highest BCUT2D eigenvalue weighted by Crippen LogP contribution is 2.41. The number of rotatable bonds is 7. The fraction of sp³-hybridized carbons (Fsp3) is 0.478. The number of nitrogens with zero attached hydrogens (tertiary/aromatic N) is 2. The van der Waals surface area contributed by atoms with Crippen LogP contribution in [0, 0.1) is 11.6 Å². The highest BCUT2D eigenvalue weighted by Gasteiger charge is 2.44. The lowest BCUT2D eigenvalue weighted by molar-refractivity contribution is -0.351. The van der Waals surface area contributed by atoms with Crippen molar-refractivity contribution in [3.63, 3.8) is 0 Å². The molecule has 1 aliphatic carbocycles. The summed E-state index contributed by atoms with van der Waals surface area (Å²) in [5.41, 5.74) is 0.463. The third-order valence-corrected chi connectivity index (χ3v) is 8.55. The van der Waals surface area contributed by atoms with Gasteiger partial charge in [0.2, 0.25) is 15.9 Å². The molecule has 1 saturated carbocycles. The minimum absolute atomic E-state index is 0.0764. The average Bonchev–Trinajstić information content (AvgIpc) is 3.17. The molecule has 1 amide bonds. The van der Waals surface area contributed by atoms with E-state index in [1.165, 1.54) is 6.07 Å². The maximum absolute atomic E-state index is 14.3. The number of benzene rings is 1. The van der Waals surface area contributed by atoms with Gasteiger partial charge in [-0.3, -0.25) is 14.5 Å². The molecule has 13 heteroatoms. The number of sulfonamides is 1. The Balaban J connectivity index is 1.42. The summed E-state index contributed by atoms with van der Waals surface area (Å²) >= 11 is 0. The Morgan fingerprint density at radius 1 is 1.17 bits per heavy atom. The molecule has 1 aromatic carbocycles. The Hall–Kier alpha value is -2.64. The number of amides is 1. The first-order chi connectivity index (χ1) is 16.8. The Bertz CT molecular complexity index is 1220. The van der Waals surface area contributed by atoms with Crippen LogP contribution in [0.4, 0.5) is 22.0 Å². The fourth-order valence-corrected chi connectivity index (χ4v) is 6.43. The number of carbonyl (C=O) groups excluding carboxylic acids is 1. The molecule has 2 fully saturated rings. The topological polar surface area (TPSA) is 88.6 Å². The van der Waals surface area contributed by atoms with Gasteiger partial charge in [-0.1, -0.05) is 0 Å². The van der Waals surface area contributed by atoms with E-state index in [1.54, 1.807) is 6.92 Å². The second kappa shape index (κ2) is 10.0. The van der Waals surface area contributed by atoms with Gasteiger partial charge < -0.3 is 5.32 Å². The maximum atomic E-state index is 14.3. The zero-order valence-corrected chi connectivity index (χ0v) is 20.0. The van der Waals surface area contributed by atoms with E-state index >= 15 is 0 Å². The molecule has 1 aromatic heterocycles. The second-order valence-corrected chi connectivity index (χ2v) is 10.8. The van der Waals surface area contributed by atoms with Gasteiger partial charge in [-0.05, 0) is 62.9 Å². The van der Waals surface area contributed by atoms with E-state index in [0.717, 1.165) is 34.8 Å². The number of aromatic nitrogens is 1. The Labute approximate surface area is 204 Å². The fourth-order valence-electron chi connectivity index (χ4n) is 4.59. The summed E-state index contributed by atoms with van der Waals surface area (Å²) in [7, 11) is -4.09. The van der Waals surface area contributed by atoms with Crippen LogP contribution in [-0.4, -0.2) is 48.2 Å². The third-order valence-electron chi connectivity index (χ3n) is 6.51. The van der Waals surface area contributed by atoms with Gasteiger partial charge in [-0.2, -0.15) is 4.31 Å².